The number of hydrogen-bond donors (Lipinski definition) is 2. The minimum Gasteiger partial charge on any atom is -0.481 e. The summed E-state index contributed by atoms with van der Waals surface area (Å²) in [6.07, 6.45) is 0.553. The first-order chi connectivity index (χ1) is 9.99. The molecule has 6 heteroatoms. The number of carboxylic acids is 1. The van der Waals surface area contributed by atoms with E-state index in [1.807, 2.05) is 11.8 Å². The number of rotatable bonds is 5. The van der Waals surface area contributed by atoms with Crippen LogP contribution in [0.3, 0.4) is 0 Å². The number of nitrogens with one attached hydrogen (secondary N) is 1. The van der Waals surface area contributed by atoms with Crippen molar-refractivity contribution < 1.29 is 19.1 Å². The Kier molecular flexibility index (Phi) is 4.90. The summed E-state index contributed by atoms with van der Waals surface area (Å²) < 4.78 is 13.4. The molecule has 21 heavy (non-hydrogen) atoms. The lowest BCUT2D eigenvalue weighted by Gasteiger charge is -2.22. The second-order valence-corrected chi connectivity index (χ2v) is 5.31. The Morgan fingerprint density at radius 1 is 1.43 bits per heavy atom. The van der Waals surface area contributed by atoms with Crippen LogP contribution in [0.15, 0.2) is 24.3 Å². The maximum atomic E-state index is 13.4. The number of hydrogen-bond acceptors (Lipinski definition) is 3. The molecule has 114 valence electrons. The summed E-state index contributed by atoms with van der Waals surface area (Å²) >= 11 is 0. The Morgan fingerprint density at radius 3 is 2.76 bits per heavy atom. The van der Waals surface area contributed by atoms with Gasteiger partial charge in [0.05, 0.1) is 12.5 Å². The van der Waals surface area contributed by atoms with Crippen molar-refractivity contribution in [1.29, 1.82) is 0 Å². The Balaban J connectivity index is 1.83. The smallest absolute Gasteiger partial charge is 0.308 e. The first kappa shape index (κ1) is 15.4. The quantitative estimate of drug-likeness (QED) is 0.857. The average Bonchev–Trinajstić information content (AvgIpc) is 2.79. The fourth-order valence-corrected chi connectivity index (χ4v) is 2.63. The Labute approximate surface area is 122 Å². The van der Waals surface area contributed by atoms with Gasteiger partial charge in [-0.25, -0.2) is 4.39 Å². The number of nitrogens with zero attached hydrogens (tertiary/aromatic N) is 1. The number of benzene rings is 1. The van der Waals surface area contributed by atoms with E-state index in [4.69, 9.17) is 5.11 Å². The Hall–Kier alpha value is -1.95. The van der Waals surface area contributed by atoms with E-state index in [1.54, 1.807) is 18.2 Å². The minimum absolute atomic E-state index is 0.135. The van der Waals surface area contributed by atoms with Gasteiger partial charge >= 0.3 is 5.97 Å². The zero-order chi connectivity index (χ0) is 15.4. The number of carbonyl (C=O) groups is 2. The molecule has 1 aromatic carbocycles. The maximum Gasteiger partial charge on any atom is 0.308 e. The van der Waals surface area contributed by atoms with Crippen LogP contribution < -0.4 is 5.32 Å². The highest BCUT2D eigenvalue weighted by molar-refractivity contribution is 5.78. The van der Waals surface area contributed by atoms with Crippen LogP contribution in [0.4, 0.5) is 4.39 Å². The zero-order valence-corrected chi connectivity index (χ0v) is 11.9. The summed E-state index contributed by atoms with van der Waals surface area (Å²) in [6.45, 7) is 2.68. The molecule has 1 aliphatic heterocycles. The largest absolute Gasteiger partial charge is 0.481 e. The lowest BCUT2D eigenvalue weighted by atomic mass is 10.0. The van der Waals surface area contributed by atoms with E-state index in [9.17, 15) is 14.0 Å². The summed E-state index contributed by atoms with van der Waals surface area (Å²) in [5.41, 5.74) is 0.434. The van der Waals surface area contributed by atoms with Crippen LogP contribution in [-0.2, 0) is 16.1 Å². The van der Waals surface area contributed by atoms with Crippen LogP contribution in [-0.4, -0.2) is 41.0 Å². The lowest BCUT2D eigenvalue weighted by molar-refractivity contribution is -0.142. The van der Waals surface area contributed by atoms with Crippen molar-refractivity contribution in [2.45, 2.75) is 25.9 Å². The van der Waals surface area contributed by atoms with Crippen LogP contribution in [0, 0.1) is 11.7 Å². The molecule has 1 aromatic rings. The number of aliphatic carboxylic acids is 1. The third kappa shape index (κ3) is 3.78. The zero-order valence-electron chi connectivity index (χ0n) is 11.9. The van der Waals surface area contributed by atoms with Gasteiger partial charge in [0.2, 0.25) is 5.91 Å². The summed E-state index contributed by atoms with van der Waals surface area (Å²) in [6, 6.07) is 6.11. The first-order valence-corrected chi connectivity index (χ1v) is 6.96. The first-order valence-electron chi connectivity index (χ1n) is 6.96. The SMILES string of the molecule is CC1C(C(=O)O)CCN1CC(=O)NCc1ccccc1F. The molecule has 5 nitrogen and oxygen atoms in total. The van der Waals surface area contributed by atoms with E-state index in [1.165, 1.54) is 6.07 Å². The lowest BCUT2D eigenvalue weighted by Crippen LogP contribution is -2.40. The van der Waals surface area contributed by atoms with Crippen molar-refractivity contribution in [3.8, 4) is 0 Å². The van der Waals surface area contributed by atoms with Crippen LogP contribution in [0.25, 0.3) is 0 Å². The highest BCUT2D eigenvalue weighted by Crippen LogP contribution is 2.23. The van der Waals surface area contributed by atoms with Gasteiger partial charge in [0.1, 0.15) is 5.82 Å². The van der Waals surface area contributed by atoms with Crippen LogP contribution in [0.5, 0.6) is 0 Å². The molecule has 2 rings (SSSR count). The number of carbonyl (C=O) groups excluding carboxylic acids is 1. The molecule has 1 aliphatic rings. The highest BCUT2D eigenvalue weighted by Gasteiger charge is 2.36. The van der Waals surface area contributed by atoms with Crippen LogP contribution >= 0.6 is 0 Å². The van der Waals surface area contributed by atoms with Gasteiger partial charge in [0, 0.05) is 18.2 Å². The third-order valence-corrected chi connectivity index (χ3v) is 3.98. The number of amides is 1. The molecule has 0 bridgehead atoms. The maximum absolute atomic E-state index is 13.4. The molecule has 1 amide bonds. The fraction of sp³-hybridized carbons (Fsp3) is 0.467. The summed E-state index contributed by atoms with van der Waals surface area (Å²) in [4.78, 5) is 24.7. The summed E-state index contributed by atoms with van der Waals surface area (Å²) in [5, 5.41) is 11.7. The van der Waals surface area contributed by atoms with E-state index >= 15 is 0 Å². The third-order valence-electron chi connectivity index (χ3n) is 3.98. The van der Waals surface area contributed by atoms with Gasteiger partial charge in [-0.05, 0) is 26.0 Å². The second kappa shape index (κ2) is 6.67. The van der Waals surface area contributed by atoms with Gasteiger partial charge in [-0.1, -0.05) is 18.2 Å². The van der Waals surface area contributed by atoms with E-state index in [0.29, 0.717) is 18.5 Å². The molecule has 1 saturated heterocycles. The highest BCUT2D eigenvalue weighted by atomic mass is 19.1. The van der Waals surface area contributed by atoms with Crippen molar-refractivity contribution in [3.63, 3.8) is 0 Å². The molecular weight excluding hydrogens is 275 g/mol. The normalized spacial score (nSPS) is 22.2. The monoisotopic (exact) mass is 294 g/mol. The number of likely N-dealkylation sites (tertiary alicyclic amines) is 1. The van der Waals surface area contributed by atoms with E-state index in [2.05, 4.69) is 5.32 Å². The molecule has 0 radical (unpaired) electrons. The van der Waals surface area contributed by atoms with Gasteiger partial charge in [0.25, 0.3) is 0 Å². The van der Waals surface area contributed by atoms with E-state index < -0.39 is 11.9 Å². The Bertz CT molecular complexity index is 535. The second-order valence-electron chi connectivity index (χ2n) is 5.31. The summed E-state index contributed by atoms with van der Waals surface area (Å²) in [5.74, 6) is -1.82. The van der Waals surface area contributed by atoms with Gasteiger partial charge in [-0.2, -0.15) is 0 Å². The van der Waals surface area contributed by atoms with Crippen molar-refractivity contribution in [2.75, 3.05) is 13.1 Å². The molecular formula is C15H19FN2O3. The molecule has 1 heterocycles. The van der Waals surface area contributed by atoms with Gasteiger partial charge < -0.3 is 10.4 Å². The number of carboxylic acid groups (broad SMARTS) is 1. The minimum atomic E-state index is -0.822. The molecule has 1 fully saturated rings. The van der Waals surface area contributed by atoms with Crippen molar-refractivity contribution in [1.82, 2.24) is 10.2 Å². The average molecular weight is 294 g/mol. The van der Waals surface area contributed by atoms with Crippen molar-refractivity contribution in [2.24, 2.45) is 5.92 Å². The summed E-state index contributed by atoms with van der Waals surface area (Å²) in [7, 11) is 0. The molecule has 0 aliphatic carbocycles. The molecule has 0 aromatic heterocycles. The van der Waals surface area contributed by atoms with Crippen LogP contribution in [0.2, 0.25) is 0 Å². The van der Waals surface area contributed by atoms with E-state index in [0.717, 1.165) is 0 Å². The Morgan fingerprint density at radius 2 is 2.14 bits per heavy atom. The topological polar surface area (TPSA) is 69.6 Å². The van der Waals surface area contributed by atoms with Gasteiger partial charge in [-0.15, -0.1) is 0 Å². The predicted octanol–water partition coefficient (Wildman–Crippen LogP) is 1.24. The van der Waals surface area contributed by atoms with Gasteiger partial charge in [-0.3, -0.25) is 14.5 Å². The molecule has 2 atom stereocenters. The van der Waals surface area contributed by atoms with E-state index in [-0.39, 0.29) is 30.9 Å². The molecule has 2 unspecified atom stereocenters. The van der Waals surface area contributed by atoms with Crippen molar-refractivity contribution >= 4 is 11.9 Å². The fourth-order valence-electron chi connectivity index (χ4n) is 2.63. The van der Waals surface area contributed by atoms with Crippen LogP contribution in [0.1, 0.15) is 18.9 Å². The number of halogens is 1. The molecule has 0 saturated carbocycles. The standard InChI is InChI=1S/C15H19FN2O3/c1-10-12(15(20)21)6-7-18(10)9-14(19)17-8-11-4-2-3-5-13(11)16/h2-5,10,12H,6-9H2,1H3,(H,17,19)(H,20,21). The molecule has 0 spiro atoms. The van der Waals surface area contributed by atoms with Crippen molar-refractivity contribution in [3.05, 3.63) is 35.6 Å². The molecule has 2 N–H and O–H groups in total. The van der Waals surface area contributed by atoms with Gasteiger partial charge in [0.15, 0.2) is 0 Å². The predicted molar refractivity (Wildman–Crippen MR) is 75.0 cm³/mol.